The topological polar surface area (TPSA) is 15.3 Å². The molecule has 0 spiro atoms. The van der Waals surface area contributed by atoms with Crippen LogP contribution < -0.4 is 5.32 Å². The van der Waals surface area contributed by atoms with E-state index < -0.39 is 0 Å². The molecule has 1 heterocycles. The minimum Gasteiger partial charge on any atom is -0.312 e. The maximum atomic E-state index is 3.50. The van der Waals surface area contributed by atoms with Gasteiger partial charge in [-0.2, -0.15) is 0 Å². The van der Waals surface area contributed by atoms with Crippen LogP contribution in [0.2, 0.25) is 0 Å². The molecule has 2 unspecified atom stereocenters. The van der Waals surface area contributed by atoms with E-state index in [0.29, 0.717) is 11.5 Å². The number of piperazine rings is 1. The van der Waals surface area contributed by atoms with Gasteiger partial charge in [0.15, 0.2) is 0 Å². The van der Waals surface area contributed by atoms with Crippen molar-refractivity contribution in [1.82, 2.24) is 10.2 Å². The predicted octanol–water partition coefficient (Wildman–Crippen LogP) is 1.47. The van der Waals surface area contributed by atoms with Gasteiger partial charge in [-0.25, -0.2) is 0 Å². The molecule has 2 rings (SSSR count). The first-order chi connectivity index (χ1) is 6.12. The van der Waals surface area contributed by atoms with Gasteiger partial charge < -0.3 is 5.32 Å². The molecule has 13 heavy (non-hydrogen) atoms. The Bertz CT molecular complexity index is 187. The summed E-state index contributed by atoms with van der Waals surface area (Å²) in [6, 6.07) is 1.47. The van der Waals surface area contributed by atoms with Crippen molar-refractivity contribution in [3.05, 3.63) is 0 Å². The third kappa shape index (κ3) is 1.89. The minimum atomic E-state index is 0.650. The second kappa shape index (κ2) is 3.25. The molecular weight excluding hydrogens is 160 g/mol. The largest absolute Gasteiger partial charge is 0.312 e. The first kappa shape index (κ1) is 9.47. The van der Waals surface area contributed by atoms with Gasteiger partial charge in [0, 0.05) is 31.7 Å². The second-order valence-corrected chi connectivity index (χ2v) is 5.18. The summed E-state index contributed by atoms with van der Waals surface area (Å²) in [4.78, 5) is 2.66. The molecule has 1 aliphatic carbocycles. The highest BCUT2D eigenvalue weighted by molar-refractivity contribution is 4.98. The molecule has 2 heteroatoms. The predicted molar refractivity (Wildman–Crippen MR) is 55.8 cm³/mol. The molecule has 0 aromatic carbocycles. The molecule has 0 bridgehead atoms. The molecular formula is C11H22N2. The van der Waals surface area contributed by atoms with E-state index in [1.54, 1.807) is 0 Å². The van der Waals surface area contributed by atoms with E-state index >= 15 is 0 Å². The molecule has 1 saturated carbocycles. The molecule has 2 nitrogen and oxygen atoms in total. The zero-order valence-corrected chi connectivity index (χ0v) is 9.14. The lowest BCUT2D eigenvalue weighted by molar-refractivity contribution is 0.114. The first-order valence-corrected chi connectivity index (χ1v) is 5.59. The Morgan fingerprint density at radius 3 is 2.69 bits per heavy atom. The molecule has 1 aliphatic heterocycles. The SMILES string of the molecule is CC1CN(C(C)C2(C)CC2)CCN1. The van der Waals surface area contributed by atoms with Gasteiger partial charge in [0.2, 0.25) is 0 Å². The van der Waals surface area contributed by atoms with Crippen molar-refractivity contribution in [2.45, 2.75) is 45.7 Å². The van der Waals surface area contributed by atoms with Gasteiger partial charge in [-0.05, 0) is 32.1 Å². The maximum absolute atomic E-state index is 3.50. The van der Waals surface area contributed by atoms with Gasteiger partial charge in [-0.3, -0.25) is 4.90 Å². The Morgan fingerprint density at radius 2 is 2.15 bits per heavy atom. The molecule has 2 fully saturated rings. The molecule has 1 N–H and O–H groups in total. The Morgan fingerprint density at radius 1 is 1.46 bits per heavy atom. The van der Waals surface area contributed by atoms with E-state index in [1.165, 1.54) is 32.5 Å². The fraction of sp³-hybridized carbons (Fsp3) is 1.00. The standard InChI is InChI=1S/C11H22N2/c1-9-8-13(7-6-12-9)10(2)11(3)4-5-11/h9-10,12H,4-8H2,1-3H3. The summed E-state index contributed by atoms with van der Waals surface area (Å²) in [6.07, 6.45) is 2.87. The number of nitrogens with zero attached hydrogens (tertiary/aromatic N) is 1. The van der Waals surface area contributed by atoms with E-state index in [9.17, 15) is 0 Å². The van der Waals surface area contributed by atoms with Gasteiger partial charge in [-0.1, -0.05) is 6.92 Å². The molecule has 2 aliphatic rings. The summed E-state index contributed by atoms with van der Waals surface area (Å²) in [7, 11) is 0. The summed E-state index contributed by atoms with van der Waals surface area (Å²) in [5.74, 6) is 0. The highest BCUT2D eigenvalue weighted by Gasteiger charge is 2.45. The summed E-state index contributed by atoms with van der Waals surface area (Å²) in [5, 5.41) is 3.50. The van der Waals surface area contributed by atoms with Crippen LogP contribution in [0.4, 0.5) is 0 Å². The van der Waals surface area contributed by atoms with Gasteiger partial charge in [0.05, 0.1) is 0 Å². The first-order valence-electron chi connectivity index (χ1n) is 5.59. The number of hydrogen-bond acceptors (Lipinski definition) is 2. The maximum Gasteiger partial charge on any atom is 0.0167 e. The molecule has 0 amide bonds. The van der Waals surface area contributed by atoms with Crippen molar-refractivity contribution in [2.24, 2.45) is 5.41 Å². The van der Waals surface area contributed by atoms with Crippen LogP contribution in [0.3, 0.4) is 0 Å². The zero-order chi connectivity index (χ0) is 9.47. The fourth-order valence-electron chi connectivity index (χ4n) is 2.37. The molecule has 1 saturated heterocycles. The van der Waals surface area contributed by atoms with Gasteiger partial charge in [-0.15, -0.1) is 0 Å². The van der Waals surface area contributed by atoms with Crippen LogP contribution in [-0.2, 0) is 0 Å². The highest BCUT2D eigenvalue weighted by atomic mass is 15.2. The lowest BCUT2D eigenvalue weighted by Crippen LogP contribution is -2.53. The monoisotopic (exact) mass is 182 g/mol. The van der Waals surface area contributed by atoms with E-state index in [2.05, 4.69) is 31.0 Å². The summed E-state index contributed by atoms with van der Waals surface area (Å²) < 4.78 is 0. The number of rotatable bonds is 2. The van der Waals surface area contributed by atoms with E-state index in [1.807, 2.05) is 0 Å². The minimum absolute atomic E-state index is 0.650. The average Bonchev–Trinajstić information content (AvgIpc) is 2.84. The van der Waals surface area contributed by atoms with Crippen molar-refractivity contribution in [3.63, 3.8) is 0 Å². The highest BCUT2D eigenvalue weighted by Crippen LogP contribution is 2.49. The summed E-state index contributed by atoms with van der Waals surface area (Å²) in [6.45, 7) is 10.8. The van der Waals surface area contributed by atoms with Crippen LogP contribution in [-0.4, -0.2) is 36.6 Å². The normalized spacial score (nSPS) is 35.8. The Labute approximate surface area is 81.7 Å². The Kier molecular flexibility index (Phi) is 2.37. The Hall–Kier alpha value is -0.0800. The van der Waals surface area contributed by atoms with Crippen molar-refractivity contribution < 1.29 is 0 Å². The third-order valence-corrected chi connectivity index (χ3v) is 4.00. The van der Waals surface area contributed by atoms with Crippen LogP contribution >= 0.6 is 0 Å². The average molecular weight is 182 g/mol. The fourth-order valence-corrected chi connectivity index (χ4v) is 2.37. The van der Waals surface area contributed by atoms with Crippen LogP contribution in [0.5, 0.6) is 0 Å². The van der Waals surface area contributed by atoms with E-state index in [-0.39, 0.29) is 0 Å². The van der Waals surface area contributed by atoms with Crippen LogP contribution in [0.1, 0.15) is 33.6 Å². The molecule has 0 aromatic rings. The van der Waals surface area contributed by atoms with Crippen molar-refractivity contribution >= 4 is 0 Å². The second-order valence-electron chi connectivity index (χ2n) is 5.18. The van der Waals surface area contributed by atoms with Crippen LogP contribution in [0, 0.1) is 5.41 Å². The lowest BCUT2D eigenvalue weighted by Gasteiger charge is -2.39. The summed E-state index contributed by atoms with van der Waals surface area (Å²) in [5.41, 5.74) is 0.650. The lowest BCUT2D eigenvalue weighted by atomic mass is 9.98. The van der Waals surface area contributed by atoms with Gasteiger partial charge >= 0.3 is 0 Å². The molecule has 0 radical (unpaired) electrons. The molecule has 0 aromatic heterocycles. The van der Waals surface area contributed by atoms with E-state index in [4.69, 9.17) is 0 Å². The van der Waals surface area contributed by atoms with Crippen molar-refractivity contribution in [2.75, 3.05) is 19.6 Å². The third-order valence-electron chi connectivity index (χ3n) is 4.00. The van der Waals surface area contributed by atoms with Crippen LogP contribution in [0.25, 0.3) is 0 Å². The van der Waals surface area contributed by atoms with Gasteiger partial charge in [0.1, 0.15) is 0 Å². The van der Waals surface area contributed by atoms with Crippen molar-refractivity contribution in [1.29, 1.82) is 0 Å². The molecule has 76 valence electrons. The quantitative estimate of drug-likeness (QED) is 0.695. The smallest absolute Gasteiger partial charge is 0.0167 e. The van der Waals surface area contributed by atoms with E-state index in [0.717, 1.165) is 6.04 Å². The molecule has 2 atom stereocenters. The zero-order valence-electron chi connectivity index (χ0n) is 9.14. The number of nitrogens with one attached hydrogen (secondary N) is 1. The number of hydrogen-bond donors (Lipinski definition) is 1. The Balaban J connectivity index is 1.91. The van der Waals surface area contributed by atoms with Crippen LogP contribution in [0.15, 0.2) is 0 Å². The van der Waals surface area contributed by atoms with Crippen molar-refractivity contribution in [3.8, 4) is 0 Å². The summed E-state index contributed by atoms with van der Waals surface area (Å²) >= 11 is 0. The van der Waals surface area contributed by atoms with Gasteiger partial charge in [0.25, 0.3) is 0 Å².